The van der Waals surface area contributed by atoms with E-state index in [2.05, 4.69) is 22.5 Å². The van der Waals surface area contributed by atoms with Crippen LogP contribution in [0.1, 0.15) is 68.9 Å². The van der Waals surface area contributed by atoms with Gasteiger partial charge in [-0.25, -0.2) is 4.79 Å². The summed E-state index contributed by atoms with van der Waals surface area (Å²) < 4.78 is 5.28. The van der Waals surface area contributed by atoms with Crippen molar-refractivity contribution in [3.05, 3.63) is 34.9 Å². The number of carbonyl (C=O) groups excluding carboxylic acids is 4. The molecule has 3 rings (SSSR count). The molecule has 0 aromatic heterocycles. The van der Waals surface area contributed by atoms with Gasteiger partial charge in [0.2, 0.25) is 11.8 Å². The molecule has 0 aliphatic carbocycles. The summed E-state index contributed by atoms with van der Waals surface area (Å²) in [5.74, 6) is 5.07. The fourth-order valence-corrected chi connectivity index (χ4v) is 3.52. The van der Waals surface area contributed by atoms with E-state index in [1.165, 1.54) is 4.90 Å². The first-order chi connectivity index (χ1) is 14.4. The predicted molar refractivity (Wildman–Crippen MR) is 113 cm³/mol. The molecule has 1 fully saturated rings. The summed E-state index contributed by atoms with van der Waals surface area (Å²) in [6, 6.07) is 4.57. The number of fused-ring (bicyclic) bond motifs is 1. The van der Waals surface area contributed by atoms with Gasteiger partial charge < -0.3 is 15.0 Å². The number of benzene rings is 1. The van der Waals surface area contributed by atoms with Crippen LogP contribution in [0.2, 0.25) is 0 Å². The van der Waals surface area contributed by atoms with Gasteiger partial charge in [0, 0.05) is 24.1 Å². The number of nitrogens with zero attached hydrogens (tertiary/aromatic N) is 1. The minimum Gasteiger partial charge on any atom is -0.444 e. The zero-order valence-electron chi connectivity index (χ0n) is 18.4. The van der Waals surface area contributed by atoms with Gasteiger partial charge in [0.25, 0.3) is 5.91 Å². The lowest BCUT2D eigenvalue weighted by molar-refractivity contribution is -0.136. The number of amides is 4. The van der Waals surface area contributed by atoms with Crippen molar-refractivity contribution in [2.45, 2.75) is 71.2 Å². The quantitative estimate of drug-likeness (QED) is 0.558. The van der Waals surface area contributed by atoms with Crippen LogP contribution in [0.4, 0.5) is 4.79 Å². The zero-order valence-corrected chi connectivity index (χ0v) is 18.4. The second-order valence-corrected chi connectivity index (χ2v) is 9.23. The van der Waals surface area contributed by atoms with Gasteiger partial charge in [0.1, 0.15) is 11.6 Å². The molecule has 2 heterocycles. The van der Waals surface area contributed by atoms with Crippen LogP contribution in [-0.2, 0) is 20.9 Å². The SMILES string of the molecule is CC(C)(C#Cc1cccc2c1CN(C1CCC(=O)NC1=O)C2=O)NC(=O)OC(C)(C)C. The van der Waals surface area contributed by atoms with E-state index in [0.717, 1.165) is 5.56 Å². The summed E-state index contributed by atoms with van der Waals surface area (Å²) in [7, 11) is 0. The van der Waals surface area contributed by atoms with E-state index in [9.17, 15) is 19.2 Å². The molecule has 8 heteroatoms. The highest BCUT2D eigenvalue weighted by molar-refractivity contribution is 6.05. The summed E-state index contributed by atoms with van der Waals surface area (Å²) in [4.78, 5) is 50.1. The van der Waals surface area contributed by atoms with Gasteiger partial charge in [-0.15, -0.1) is 0 Å². The fourth-order valence-electron chi connectivity index (χ4n) is 3.52. The van der Waals surface area contributed by atoms with Gasteiger partial charge in [0.15, 0.2) is 0 Å². The molecule has 0 bridgehead atoms. The molecule has 0 spiro atoms. The molecule has 2 N–H and O–H groups in total. The molecular formula is C23H27N3O5. The van der Waals surface area contributed by atoms with E-state index < -0.39 is 29.2 Å². The Bertz CT molecular complexity index is 1010. The maximum Gasteiger partial charge on any atom is 0.408 e. The lowest BCUT2D eigenvalue weighted by atomic mass is 10.0. The van der Waals surface area contributed by atoms with Gasteiger partial charge in [-0.2, -0.15) is 0 Å². The molecule has 0 radical (unpaired) electrons. The van der Waals surface area contributed by atoms with Crippen LogP contribution < -0.4 is 10.6 Å². The van der Waals surface area contributed by atoms with Crippen molar-refractivity contribution in [1.29, 1.82) is 0 Å². The van der Waals surface area contributed by atoms with Crippen LogP contribution in [-0.4, -0.2) is 45.9 Å². The van der Waals surface area contributed by atoms with E-state index in [1.807, 2.05) is 0 Å². The zero-order chi connectivity index (χ0) is 23.0. The monoisotopic (exact) mass is 425 g/mol. The minimum atomic E-state index is -0.864. The van der Waals surface area contributed by atoms with Crippen molar-refractivity contribution in [3.63, 3.8) is 0 Å². The highest BCUT2D eigenvalue weighted by atomic mass is 16.6. The first-order valence-corrected chi connectivity index (χ1v) is 10.2. The van der Waals surface area contributed by atoms with Crippen molar-refractivity contribution in [2.75, 3.05) is 0 Å². The Labute approximate surface area is 181 Å². The molecule has 2 aliphatic heterocycles. The molecule has 31 heavy (non-hydrogen) atoms. The lowest BCUT2D eigenvalue weighted by Gasteiger charge is -2.29. The summed E-state index contributed by atoms with van der Waals surface area (Å²) in [5, 5.41) is 5.03. The maximum atomic E-state index is 12.9. The number of hydrogen-bond donors (Lipinski definition) is 2. The third-order valence-electron chi connectivity index (χ3n) is 4.91. The Morgan fingerprint density at radius 2 is 1.90 bits per heavy atom. The summed E-state index contributed by atoms with van der Waals surface area (Å²) in [5.41, 5.74) is 0.400. The third kappa shape index (κ3) is 5.23. The number of alkyl carbamates (subject to hydrolysis) is 1. The minimum absolute atomic E-state index is 0.202. The average Bonchev–Trinajstić information content (AvgIpc) is 2.95. The Hall–Kier alpha value is -3.34. The standard InChI is InChI=1S/C23H27N3O5/c1-22(2,3)31-21(30)25-23(4,5)12-11-14-7-6-8-15-16(14)13-26(20(15)29)17-9-10-18(27)24-19(17)28/h6-8,17H,9-10,13H2,1-5H3,(H,25,30)(H,24,27,28). The van der Waals surface area contributed by atoms with E-state index in [-0.39, 0.29) is 24.8 Å². The second kappa shape index (κ2) is 8.06. The lowest BCUT2D eigenvalue weighted by Crippen LogP contribution is -2.52. The van der Waals surface area contributed by atoms with Crippen LogP contribution in [0.5, 0.6) is 0 Å². The highest BCUT2D eigenvalue weighted by Crippen LogP contribution is 2.29. The van der Waals surface area contributed by atoms with Gasteiger partial charge in [-0.05, 0) is 58.7 Å². The first-order valence-electron chi connectivity index (χ1n) is 10.2. The van der Waals surface area contributed by atoms with Crippen molar-refractivity contribution in [3.8, 4) is 11.8 Å². The first kappa shape index (κ1) is 22.3. The van der Waals surface area contributed by atoms with Gasteiger partial charge in [0.05, 0.1) is 5.54 Å². The molecule has 1 aromatic carbocycles. The fraction of sp³-hybridized carbons (Fsp3) is 0.478. The van der Waals surface area contributed by atoms with Crippen molar-refractivity contribution in [2.24, 2.45) is 0 Å². The molecule has 2 aliphatic rings. The Morgan fingerprint density at radius 1 is 1.19 bits per heavy atom. The van der Waals surface area contributed by atoms with Crippen molar-refractivity contribution < 1.29 is 23.9 Å². The Morgan fingerprint density at radius 3 is 2.55 bits per heavy atom. The number of hydrogen-bond acceptors (Lipinski definition) is 5. The smallest absolute Gasteiger partial charge is 0.408 e. The number of carbonyl (C=O) groups is 4. The molecule has 1 unspecified atom stereocenters. The molecule has 1 saturated heterocycles. The molecule has 164 valence electrons. The van der Waals surface area contributed by atoms with Crippen LogP contribution >= 0.6 is 0 Å². The topological polar surface area (TPSA) is 105 Å². The summed E-state index contributed by atoms with van der Waals surface area (Å²) in [6.45, 7) is 9.10. The van der Waals surface area contributed by atoms with E-state index in [0.29, 0.717) is 17.5 Å². The van der Waals surface area contributed by atoms with Crippen molar-refractivity contribution >= 4 is 23.8 Å². The van der Waals surface area contributed by atoms with E-state index >= 15 is 0 Å². The van der Waals surface area contributed by atoms with Crippen LogP contribution in [0.25, 0.3) is 0 Å². The largest absolute Gasteiger partial charge is 0.444 e. The molecule has 1 aromatic rings. The van der Waals surface area contributed by atoms with Gasteiger partial charge in [-0.3, -0.25) is 19.7 Å². The van der Waals surface area contributed by atoms with E-state index in [4.69, 9.17) is 4.74 Å². The summed E-state index contributed by atoms with van der Waals surface area (Å²) >= 11 is 0. The number of ether oxygens (including phenoxy) is 1. The number of imide groups is 1. The second-order valence-electron chi connectivity index (χ2n) is 9.23. The Balaban J connectivity index is 1.79. The molecule has 4 amide bonds. The number of rotatable bonds is 2. The van der Waals surface area contributed by atoms with E-state index in [1.54, 1.807) is 52.8 Å². The van der Waals surface area contributed by atoms with Crippen LogP contribution in [0.15, 0.2) is 18.2 Å². The molecular weight excluding hydrogens is 398 g/mol. The van der Waals surface area contributed by atoms with Crippen LogP contribution in [0.3, 0.4) is 0 Å². The summed E-state index contributed by atoms with van der Waals surface area (Å²) in [6.07, 6.45) is -0.0595. The predicted octanol–water partition coefficient (Wildman–Crippen LogP) is 2.10. The number of piperidine rings is 1. The molecule has 8 nitrogen and oxygen atoms in total. The highest BCUT2D eigenvalue weighted by Gasteiger charge is 2.39. The Kier molecular flexibility index (Phi) is 5.81. The van der Waals surface area contributed by atoms with Crippen LogP contribution in [0, 0.1) is 11.8 Å². The van der Waals surface area contributed by atoms with Gasteiger partial charge >= 0.3 is 6.09 Å². The third-order valence-corrected chi connectivity index (χ3v) is 4.91. The average molecular weight is 425 g/mol. The van der Waals surface area contributed by atoms with Gasteiger partial charge in [-0.1, -0.05) is 17.9 Å². The normalized spacial score (nSPS) is 18.7. The maximum absolute atomic E-state index is 12.9. The molecule has 0 saturated carbocycles. The van der Waals surface area contributed by atoms with Crippen molar-refractivity contribution in [1.82, 2.24) is 15.5 Å². The number of nitrogens with one attached hydrogen (secondary N) is 2. The molecule has 1 atom stereocenters.